The molecule has 0 radical (unpaired) electrons. The highest BCUT2D eigenvalue weighted by molar-refractivity contribution is 5.02. The van der Waals surface area contributed by atoms with E-state index < -0.39 is 0 Å². The highest BCUT2D eigenvalue weighted by Crippen LogP contribution is 2.49. The van der Waals surface area contributed by atoms with Crippen molar-refractivity contribution >= 4 is 0 Å². The van der Waals surface area contributed by atoms with Crippen LogP contribution in [0.2, 0.25) is 0 Å². The standard InChI is InChI=1S/C10H18O3/c1-8-4-9(6-11)2-3-10(5-8,7-12)13-9/h8,11-12H,2-7H2,1H3/t8?,9-,10+. The molecule has 0 aromatic rings. The van der Waals surface area contributed by atoms with Crippen molar-refractivity contribution in [2.45, 2.75) is 43.8 Å². The van der Waals surface area contributed by atoms with E-state index in [1.807, 2.05) is 0 Å². The SMILES string of the molecule is CC1C[C@]2(CO)CC[C@](CO)(C1)O2. The first-order chi connectivity index (χ1) is 6.14. The van der Waals surface area contributed by atoms with Crippen molar-refractivity contribution in [3.8, 4) is 0 Å². The molecule has 3 nitrogen and oxygen atoms in total. The number of aliphatic hydroxyl groups excluding tert-OH is 2. The molecule has 0 aliphatic carbocycles. The molecule has 0 aromatic heterocycles. The molecule has 2 rings (SSSR count). The van der Waals surface area contributed by atoms with Gasteiger partial charge in [0.25, 0.3) is 0 Å². The average molecular weight is 186 g/mol. The molecule has 2 aliphatic rings. The monoisotopic (exact) mass is 186 g/mol. The average Bonchev–Trinajstić information content (AvgIpc) is 2.41. The van der Waals surface area contributed by atoms with Crippen LogP contribution >= 0.6 is 0 Å². The Morgan fingerprint density at radius 3 is 2.00 bits per heavy atom. The van der Waals surface area contributed by atoms with Gasteiger partial charge in [0.15, 0.2) is 0 Å². The van der Waals surface area contributed by atoms with Crippen molar-refractivity contribution in [2.24, 2.45) is 5.92 Å². The molecule has 2 bridgehead atoms. The quantitative estimate of drug-likeness (QED) is 0.667. The van der Waals surface area contributed by atoms with E-state index in [2.05, 4.69) is 6.92 Å². The maximum Gasteiger partial charge on any atom is 0.0924 e. The maximum atomic E-state index is 9.29. The molecule has 76 valence electrons. The second-order valence-corrected chi connectivity index (χ2v) is 4.80. The van der Waals surface area contributed by atoms with Gasteiger partial charge in [-0.3, -0.25) is 0 Å². The van der Waals surface area contributed by atoms with Crippen molar-refractivity contribution in [3.05, 3.63) is 0 Å². The smallest absolute Gasteiger partial charge is 0.0924 e. The van der Waals surface area contributed by atoms with E-state index in [4.69, 9.17) is 4.74 Å². The molecule has 2 saturated heterocycles. The summed E-state index contributed by atoms with van der Waals surface area (Å²) in [7, 11) is 0. The van der Waals surface area contributed by atoms with Gasteiger partial charge in [0, 0.05) is 0 Å². The molecule has 0 aromatic carbocycles. The van der Waals surface area contributed by atoms with Crippen LogP contribution < -0.4 is 0 Å². The van der Waals surface area contributed by atoms with Gasteiger partial charge in [0.2, 0.25) is 0 Å². The Balaban J connectivity index is 2.20. The second-order valence-electron chi connectivity index (χ2n) is 4.80. The van der Waals surface area contributed by atoms with Gasteiger partial charge in [-0.1, -0.05) is 6.92 Å². The summed E-state index contributed by atoms with van der Waals surface area (Å²) in [5, 5.41) is 18.6. The van der Waals surface area contributed by atoms with Crippen molar-refractivity contribution in [2.75, 3.05) is 13.2 Å². The van der Waals surface area contributed by atoms with Crippen LogP contribution in [-0.2, 0) is 4.74 Å². The van der Waals surface area contributed by atoms with Crippen molar-refractivity contribution in [1.29, 1.82) is 0 Å². The summed E-state index contributed by atoms with van der Waals surface area (Å²) in [5.41, 5.74) is -0.666. The van der Waals surface area contributed by atoms with Crippen molar-refractivity contribution in [3.63, 3.8) is 0 Å². The first-order valence-electron chi connectivity index (χ1n) is 5.06. The lowest BCUT2D eigenvalue weighted by molar-refractivity contribution is -0.184. The van der Waals surface area contributed by atoms with Gasteiger partial charge in [0.05, 0.1) is 24.4 Å². The van der Waals surface area contributed by atoms with Crippen LogP contribution in [0.25, 0.3) is 0 Å². The Kier molecular flexibility index (Phi) is 2.13. The zero-order valence-corrected chi connectivity index (χ0v) is 8.12. The summed E-state index contributed by atoms with van der Waals surface area (Å²) >= 11 is 0. The van der Waals surface area contributed by atoms with Gasteiger partial charge in [-0.2, -0.15) is 0 Å². The van der Waals surface area contributed by atoms with E-state index in [1.54, 1.807) is 0 Å². The van der Waals surface area contributed by atoms with E-state index >= 15 is 0 Å². The normalized spacial score (nSPS) is 49.6. The number of hydrogen-bond acceptors (Lipinski definition) is 3. The van der Waals surface area contributed by atoms with Gasteiger partial charge < -0.3 is 14.9 Å². The number of fused-ring (bicyclic) bond motifs is 2. The third kappa shape index (κ3) is 1.39. The van der Waals surface area contributed by atoms with E-state index in [0.29, 0.717) is 5.92 Å². The van der Waals surface area contributed by atoms with Gasteiger partial charge >= 0.3 is 0 Å². The molecule has 2 heterocycles. The van der Waals surface area contributed by atoms with E-state index in [0.717, 1.165) is 25.7 Å². The fourth-order valence-electron chi connectivity index (χ4n) is 3.00. The zero-order chi connectivity index (χ0) is 9.53. The zero-order valence-electron chi connectivity index (χ0n) is 8.12. The van der Waals surface area contributed by atoms with Crippen molar-refractivity contribution in [1.82, 2.24) is 0 Å². The lowest BCUT2D eigenvalue weighted by Crippen LogP contribution is -2.47. The Morgan fingerprint density at radius 2 is 1.62 bits per heavy atom. The van der Waals surface area contributed by atoms with Crippen LogP contribution in [0.15, 0.2) is 0 Å². The third-order valence-electron chi connectivity index (χ3n) is 3.49. The van der Waals surface area contributed by atoms with Gasteiger partial charge in [-0.15, -0.1) is 0 Å². The lowest BCUT2D eigenvalue weighted by atomic mass is 9.85. The minimum absolute atomic E-state index is 0.0963. The van der Waals surface area contributed by atoms with Crippen molar-refractivity contribution < 1.29 is 14.9 Å². The molecule has 0 saturated carbocycles. The molecular weight excluding hydrogens is 168 g/mol. The predicted molar refractivity (Wildman–Crippen MR) is 48.4 cm³/mol. The lowest BCUT2D eigenvalue weighted by Gasteiger charge is -2.41. The van der Waals surface area contributed by atoms with Gasteiger partial charge in [0.1, 0.15) is 0 Å². The fraction of sp³-hybridized carbons (Fsp3) is 1.00. The van der Waals surface area contributed by atoms with E-state index in [-0.39, 0.29) is 24.4 Å². The van der Waals surface area contributed by atoms with Crippen LogP contribution in [0.3, 0.4) is 0 Å². The molecule has 13 heavy (non-hydrogen) atoms. The molecule has 3 heteroatoms. The summed E-state index contributed by atoms with van der Waals surface area (Å²) < 4.78 is 5.84. The first kappa shape index (κ1) is 9.44. The topological polar surface area (TPSA) is 49.7 Å². The molecule has 2 N–H and O–H groups in total. The minimum atomic E-state index is -0.333. The summed E-state index contributed by atoms with van der Waals surface area (Å²) in [6, 6.07) is 0. The second kappa shape index (κ2) is 2.94. The Bertz CT molecular complexity index is 186. The van der Waals surface area contributed by atoms with E-state index in [9.17, 15) is 10.2 Å². The number of rotatable bonds is 2. The summed E-state index contributed by atoms with van der Waals surface area (Å²) in [5.74, 6) is 0.551. The Hall–Kier alpha value is -0.120. The maximum absolute atomic E-state index is 9.29. The van der Waals surface area contributed by atoms with Crippen LogP contribution in [0, 0.1) is 5.92 Å². The highest BCUT2D eigenvalue weighted by atomic mass is 16.6. The molecule has 0 amide bonds. The van der Waals surface area contributed by atoms with Crippen LogP contribution in [0.4, 0.5) is 0 Å². The molecule has 2 aliphatic heterocycles. The summed E-state index contributed by atoms with van der Waals surface area (Å²) in [4.78, 5) is 0. The first-order valence-corrected chi connectivity index (χ1v) is 5.06. The Morgan fingerprint density at radius 1 is 1.15 bits per heavy atom. The predicted octanol–water partition coefficient (Wildman–Crippen LogP) is 0.689. The largest absolute Gasteiger partial charge is 0.393 e. The van der Waals surface area contributed by atoms with Crippen LogP contribution in [0.5, 0.6) is 0 Å². The number of aliphatic hydroxyl groups is 2. The fourth-order valence-corrected chi connectivity index (χ4v) is 3.00. The number of hydrogen-bond donors (Lipinski definition) is 2. The summed E-state index contributed by atoms with van der Waals surface area (Å²) in [6.07, 6.45) is 3.67. The van der Waals surface area contributed by atoms with Crippen LogP contribution in [-0.4, -0.2) is 34.6 Å². The molecule has 0 spiro atoms. The number of ether oxygens (including phenoxy) is 1. The Labute approximate surface area is 78.7 Å². The van der Waals surface area contributed by atoms with E-state index in [1.165, 1.54) is 0 Å². The van der Waals surface area contributed by atoms with Gasteiger partial charge in [-0.05, 0) is 31.6 Å². The molecular formula is C10H18O3. The molecule has 1 unspecified atom stereocenters. The van der Waals surface area contributed by atoms with Gasteiger partial charge in [-0.25, -0.2) is 0 Å². The summed E-state index contributed by atoms with van der Waals surface area (Å²) in [6.45, 7) is 2.36. The minimum Gasteiger partial charge on any atom is -0.393 e. The molecule has 2 fully saturated rings. The third-order valence-corrected chi connectivity index (χ3v) is 3.49. The van der Waals surface area contributed by atoms with Crippen LogP contribution in [0.1, 0.15) is 32.6 Å². The molecule has 3 atom stereocenters. The highest BCUT2D eigenvalue weighted by Gasteiger charge is 2.53.